The van der Waals surface area contributed by atoms with Crippen LogP contribution in [0.3, 0.4) is 0 Å². The summed E-state index contributed by atoms with van der Waals surface area (Å²) < 4.78 is 0. The van der Waals surface area contributed by atoms with Crippen LogP contribution in [0, 0.1) is 6.92 Å². The number of imide groups is 1. The molecule has 0 radical (unpaired) electrons. The quantitative estimate of drug-likeness (QED) is 0.756. The second-order valence-corrected chi connectivity index (χ2v) is 7.69. The molecule has 7 nitrogen and oxygen atoms in total. The van der Waals surface area contributed by atoms with Crippen molar-refractivity contribution in [1.82, 2.24) is 20.0 Å². The van der Waals surface area contributed by atoms with Crippen LogP contribution < -0.4 is 5.32 Å². The molecule has 3 rings (SSSR count). The zero-order valence-corrected chi connectivity index (χ0v) is 17.0. The summed E-state index contributed by atoms with van der Waals surface area (Å²) in [6.45, 7) is 9.35. The SMILES string of the molecule is CCC1(CC)NC(=O)N(CC(=O)N2CCN(Cc3ccccc3C)CC2)C1=O. The lowest BCUT2D eigenvalue weighted by molar-refractivity contribution is -0.140. The minimum Gasteiger partial charge on any atom is -0.339 e. The van der Waals surface area contributed by atoms with E-state index in [2.05, 4.69) is 29.3 Å². The van der Waals surface area contributed by atoms with E-state index in [1.165, 1.54) is 11.1 Å². The minimum absolute atomic E-state index is 0.165. The standard InChI is InChI=1S/C21H30N4O3/c1-4-21(5-2)19(27)25(20(28)22-21)15-18(26)24-12-10-23(11-13-24)14-17-9-7-6-8-16(17)3/h6-9H,4-5,10-15H2,1-3H3,(H,22,28). The highest BCUT2D eigenvalue weighted by Crippen LogP contribution is 2.25. The first kappa shape index (κ1) is 20.3. The van der Waals surface area contributed by atoms with Gasteiger partial charge in [0.15, 0.2) is 0 Å². The van der Waals surface area contributed by atoms with Crippen LogP contribution >= 0.6 is 0 Å². The van der Waals surface area contributed by atoms with Crippen LogP contribution in [0.15, 0.2) is 24.3 Å². The molecule has 2 heterocycles. The van der Waals surface area contributed by atoms with Gasteiger partial charge in [0.1, 0.15) is 12.1 Å². The first-order valence-corrected chi connectivity index (χ1v) is 10.1. The van der Waals surface area contributed by atoms with Crippen LogP contribution in [0.25, 0.3) is 0 Å². The van der Waals surface area contributed by atoms with Gasteiger partial charge in [0, 0.05) is 32.7 Å². The molecule has 4 amide bonds. The Morgan fingerprint density at radius 1 is 1.07 bits per heavy atom. The molecule has 2 aliphatic heterocycles. The molecule has 1 N–H and O–H groups in total. The van der Waals surface area contributed by atoms with Crippen LogP contribution in [0.5, 0.6) is 0 Å². The van der Waals surface area contributed by atoms with Crippen molar-refractivity contribution in [1.29, 1.82) is 0 Å². The Hall–Kier alpha value is -2.41. The molecule has 2 aliphatic rings. The number of hydrogen-bond donors (Lipinski definition) is 1. The molecule has 0 aromatic heterocycles. The summed E-state index contributed by atoms with van der Waals surface area (Å²) in [6.07, 6.45) is 1.05. The highest BCUT2D eigenvalue weighted by Gasteiger charge is 2.49. The predicted molar refractivity (Wildman–Crippen MR) is 107 cm³/mol. The zero-order chi connectivity index (χ0) is 20.3. The molecule has 2 fully saturated rings. The number of hydrogen-bond acceptors (Lipinski definition) is 4. The van der Waals surface area contributed by atoms with Crippen molar-refractivity contribution in [3.8, 4) is 0 Å². The number of aryl methyl sites for hydroxylation is 1. The van der Waals surface area contributed by atoms with Crippen molar-refractivity contribution < 1.29 is 14.4 Å². The zero-order valence-electron chi connectivity index (χ0n) is 17.0. The van der Waals surface area contributed by atoms with Gasteiger partial charge in [-0.2, -0.15) is 0 Å². The van der Waals surface area contributed by atoms with Gasteiger partial charge in [-0.3, -0.25) is 19.4 Å². The molecule has 1 aromatic carbocycles. The number of rotatable bonds is 6. The van der Waals surface area contributed by atoms with Crippen molar-refractivity contribution in [2.24, 2.45) is 0 Å². The summed E-state index contributed by atoms with van der Waals surface area (Å²) in [5.74, 6) is -0.448. The average Bonchev–Trinajstić information content (AvgIpc) is 2.95. The molecule has 7 heteroatoms. The maximum absolute atomic E-state index is 12.7. The third-order valence-corrected chi connectivity index (χ3v) is 6.13. The fourth-order valence-corrected chi connectivity index (χ4v) is 3.97. The monoisotopic (exact) mass is 386 g/mol. The van der Waals surface area contributed by atoms with E-state index in [4.69, 9.17) is 0 Å². The Morgan fingerprint density at radius 3 is 2.29 bits per heavy atom. The van der Waals surface area contributed by atoms with Crippen molar-refractivity contribution >= 4 is 17.8 Å². The van der Waals surface area contributed by atoms with Gasteiger partial charge in [0.2, 0.25) is 5.91 Å². The molecule has 0 unspecified atom stereocenters. The van der Waals surface area contributed by atoms with Gasteiger partial charge in [0.05, 0.1) is 0 Å². The maximum Gasteiger partial charge on any atom is 0.325 e. The number of nitrogens with zero attached hydrogens (tertiary/aromatic N) is 3. The predicted octanol–water partition coefficient (Wildman–Crippen LogP) is 1.75. The molecule has 0 atom stereocenters. The van der Waals surface area contributed by atoms with Gasteiger partial charge in [-0.25, -0.2) is 4.79 Å². The fourth-order valence-electron chi connectivity index (χ4n) is 3.97. The molecule has 152 valence electrons. The molecule has 28 heavy (non-hydrogen) atoms. The lowest BCUT2D eigenvalue weighted by atomic mass is 9.93. The first-order chi connectivity index (χ1) is 13.4. The van der Waals surface area contributed by atoms with Crippen molar-refractivity contribution in [3.63, 3.8) is 0 Å². The molecule has 0 aliphatic carbocycles. The van der Waals surface area contributed by atoms with E-state index < -0.39 is 11.6 Å². The van der Waals surface area contributed by atoms with Crippen LogP contribution in [0.1, 0.15) is 37.8 Å². The summed E-state index contributed by atoms with van der Waals surface area (Å²) in [4.78, 5) is 42.8. The average molecular weight is 386 g/mol. The lowest BCUT2D eigenvalue weighted by Gasteiger charge is -2.35. The van der Waals surface area contributed by atoms with E-state index in [1.54, 1.807) is 4.90 Å². The molecule has 0 saturated carbocycles. The fraction of sp³-hybridized carbons (Fsp3) is 0.571. The van der Waals surface area contributed by atoms with Crippen LogP contribution in [0.4, 0.5) is 4.79 Å². The second kappa shape index (κ2) is 8.31. The van der Waals surface area contributed by atoms with Gasteiger partial charge < -0.3 is 10.2 Å². The van der Waals surface area contributed by atoms with Crippen molar-refractivity contribution in [3.05, 3.63) is 35.4 Å². The summed E-state index contributed by atoms with van der Waals surface area (Å²) in [7, 11) is 0. The van der Waals surface area contributed by atoms with Crippen molar-refractivity contribution in [2.45, 2.75) is 45.7 Å². The summed E-state index contributed by atoms with van der Waals surface area (Å²) in [6, 6.07) is 7.88. The summed E-state index contributed by atoms with van der Waals surface area (Å²) in [5.41, 5.74) is 1.72. The number of carbonyl (C=O) groups is 3. The molecular formula is C21H30N4O3. The van der Waals surface area contributed by atoms with E-state index in [-0.39, 0.29) is 18.4 Å². The van der Waals surface area contributed by atoms with E-state index in [0.29, 0.717) is 25.9 Å². The van der Waals surface area contributed by atoms with Crippen LogP contribution in [-0.2, 0) is 16.1 Å². The Balaban J connectivity index is 1.54. The van der Waals surface area contributed by atoms with Crippen LogP contribution in [-0.4, -0.2) is 70.8 Å². The highest BCUT2D eigenvalue weighted by molar-refractivity contribution is 6.08. The molecule has 2 saturated heterocycles. The topological polar surface area (TPSA) is 73.0 Å². The normalized spacial score (nSPS) is 19.8. The van der Waals surface area contributed by atoms with E-state index in [0.717, 1.165) is 24.5 Å². The number of benzene rings is 1. The van der Waals surface area contributed by atoms with Gasteiger partial charge >= 0.3 is 6.03 Å². The van der Waals surface area contributed by atoms with Gasteiger partial charge in [-0.05, 0) is 30.9 Å². The van der Waals surface area contributed by atoms with E-state index in [1.807, 2.05) is 26.0 Å². The van der Waals surface area contributed by atoms with Crippen LogP contribution in [0.2, 0.25) is 0 Å². The van der Waals surface area contributed by atoms with Gasteiger partial charge in [-0.15, -0.1) is 0 Å². The first-order valence-electron chi connectivity index (χ1n) is 10.1. The largest absolute Gasteiger partial charge is 0.339 e. The summed E-state index contributed by atoms with van der Waals surface area (Å²) >= 11 is 0. The number of amides is 4. The summed E-state index contributed by atoms with van der Waals surface area (Å²) in [5, 5.41) is 2.77. The Kier molecular flexibility index (Phi) is 6.03. The number of nitrogens with one attached hydrogen (secondary N) is 1. The lowest BCUT2D eigenvalue weighted by Crippen LogP contribution is -2.52. The Morgan fingerprint density at radius 2 is 1.71 bits per heavy atom. The second-order valence-electron chi connectivity index (χ2n) is 7.69. The van der Waals surface area contributed by atoms with E-state index in [9.17, 15) is 14.4 Å². The smallest absolute Gasteiger partial charge is 0.325 e. The molecule has 1 aromatic rings. The third kappa shape index (κ3) is 3.90. The minimum atomic E-state index is -0.858. The Labute approximate surface area is 166 Å². The Bertz CT molecular complexity index is 752. The molecule has 0 bridgehead atoms. The maximum atomic E-state index is 12.7. The number of urea groups is 1. The number of piperazine rings is 1. The van der Waals surface area contributed by atoms with Gasteiger partial charge in [0.25, 0.3) is 5.91 Å². The molecule has 0 spiro atoms. The third-order valence-electron chi connectivity index (χ3n) is 6.13. The van der Waals surface area contributed by atoms with Gasteiger partial charge in [-0.1, -0.05) is 38.1 Å². The highest BCUT2D eigenvalue weighted by atomic mass is 16.2. The van der Waals surface area contributed by atoms with Crippen molar-refractivity contribution in [2.75, 3.05) is 32.7 Å². The number of carbonyl (C=O) groups excluding carboxylic acids is 3. The van der Waals surface area contributed by atoms with E-state index >= 15 is 0 Å². The molecular weight excluding hydrogens is 356 g/mol.